The van der Waals surface area contributed by atoms with Gasteiger partial charge >= 0.3 is 0 Å². The molecule has 1 aromatic rings. The van der Waals surface area contributed by atoms with E-state index < -0.39 is 0 Å². The van der Waals surface area contributed by atoms with Gasteiger partial charge in [0.05, 0.1) is 11.5 Å². The fraction of sp³-hybridized carbons (Fsp3) is 0.640. The van der Waals surface area contributed by atoms with Crippen LogP contribution in [0.3, 0.4) is 0 Å². The lowest BCUT2D eigenvalue weighted by atomic mass is 9.86. The van der Waals surface area contributed by atoms with Crippen molar-refractivity contribution in [3.63, 3.8) is 0 Å². The number of anilines is 1. The summed E-state index contributed by atoms with van der Waals surface area (Å²) in [6.07, 6.45) is 2.63. The Morgan fingerprint density at radius 1 is 1.34 bits per heavy atom. The zero-order chi connectivity index (χ0) is 23.6. The molecule has 1 saturated heterocycles. The predicted octanol–water partition coefficient (Wildman–Crippen LogP) is 4.81. The third-order valence-electron chi connectivity index (χ3n) is 6.76. The molecule has 0 spiro atoms. The van der Waals surface area contributed by atoms with Crippen molar-refractivity contribution in [2.75, 3.05) is 24.6 Å². The highest BCUT2D eigenvalue weighted by molar-refractivity contribution is 6.31. The van der Waals surface area contributed by atoms with Crippen molar-refractivity contribution in [1.82, 2.24) is 5.32 Å². The summed E-state index contributed by atoms with van der Waals surface area (Å²) >= 11 is 6.47. The zero-order valence-corrected chi connectivity index (χ0v) is 20.9. The summed E-state index contributed by atoms with van der Waals surface area (Å²) < 4.78 is 5.90. The van der Waals surface area contributed by atoms with E-state index in [4.69, 9.17) is 16.3 Å². The minimum absolute atomic E-state index is 0.149. The Hall–Kier alpha value is -1.92. The average molecular weight is 462 g/mol. The zero-order valence-electron chi connectivity index (χ0n) is 20.1. The van der Waals surface area contributed by atoms with E-state index >= 15 is 0 Å². The van der Waals surface area contributed by atoms with Gasteiger partial charge in [-0.05, 0) is 77.5 Å². The first-order chi connectivity index (χ1) is 15.0. The van der Waals surface area contributed by atoms with Gasteiger partial charge in [-0.1, -0.05) is 18.5 Å². The quantitative estimate of drug-likeness (QED) is 0.660. The number of amides is 2. The van der Waals surface area contributed by atoms with E-state index in [-0.39, 0.29) is 35.8 Å². The van der Waals surface area contributed by atoms with Crippen molar-refractivity contribution in [3.05, 3.63) is 28.3 Å². The second kappa shape index (κ2) is 9.92. The van der Waals surface area contributed by atoms with E-state index in [9.17, 15) is 9.59 Å². The molecule has 2 heterocycles. The maximum atomic E-state index is 13.1. The van der Waals surface area contributed by atoms with Gasteiger partial charge in [-0.3, -0.25) is 9.59 Å². The predicted molar refractivity (Wildman–Crippen MR) is 130 cm³/mol. The third kappa shape index (κ3) is 5.52. The van der Waals surface area contributed by atoms with Gasteiger partial charge in [-0.2, -0.15) is 0 Å². The molecular weight excluding hydrogens is 426 g/mol. The Labute approximate surface area is 196 Å². The molecule has 3 unspecified atom stereocenters. The average Bonchev–Trinajstić information content (AvgIpc) is 2.69. The van der Waals surface area contributed by atoms with Crippen LogP contribution >= 0.6 is 11.6 Å². The number of aliphatic imine (C=N–C) groups is 1. The normalized spacial score (nSPS) is 25.3. The number of hydrogen-bond donors (Lipinski definition) is 1. The largest absolute Gasteiger partial charge is 0.375 e. The number of nitrogens with zero attached hydrogens (tertiary/aromatic N) is 2. The summed E-state index contributed by atoms with van der Waals surface area (Å²) in [5, 5.41) is 3.49. The van der Waals surface area contributed by atoms with Crippen LogP contribution in [-0.2, 0) is 9.53 Å². The van der Waals surface area contributed by atoms with Crippen molar-refractivity contribution in [3.8, 4) is 0 Å². The van der Waals surface area contributed by atoms with Crippen molar-refractivity contribution in [2.24, 2.45) is 16.8 Å². The monoisotopic (exact) mass is 461 g/mol. The lowest BCUT2D eigenvalue weighted by Gasteiger charge is -2.42. The summed E-state index contributed by atoms with van der Waals surface area (Å²) in [7, 11) is 0. The van der Waals surface area contributed by atoms with E-state index in [1.165, 1.54) is 0 Å². The van der Waals surface area contributed by atoms with Crippen LogP contribution in [0.1, 0.15) is 69.8 Å². The first-order valence-electron chi connectivity index (χ1n) is 11.6. The Balaban J connectivity index is 1.81. The molecular formula is C25H36ClN3O3. The van der Waals surface area contributed by atoms with Crippen molar-refractivity contribution >= 4 is 34.8 Å². The van der Waals surface area contributed by atoms with Crippen LogP contribution in [0.25, 0.3) is 0 Å². The van der Waals surface area contributed by atoms with Gasteiger partial charge in [0.15, 0.2) is 0 Å². The number of halogens is 1. The smallest absolute Gasteiger partial charge is 0.251 e. The Bertz CT molecular complexity index is 912. The van der Waals surface area contributed by atoms with Crippen LogP contribution in [0.4, 0.5) is 5.69 Å². The third-order valence-corrected chi connectivity index (χ3v) is 6.97. The second-order valence-corrected chi connectivity index (χ2v) is 10.3. The molecule has 3 atom stereocenters. The first kappa shape index (κ1) is 24.7. The summed E-state index contributed by atoms with van der Waals surface area (Å²) in [6.45, 7) is 14.1. The number of rotatable bonds is 6. The van der Waals surface area contributed by atoms with Gasteiger partial charge in [0.2, 0.25) is 0 Å². The Kier molecular flexibility index (Phi) is 7.66. The second-order valence-electron chi connectivity index (χ2n) is 9.82. The highest BCUT2D eigenvalue weighted by Gasteiger charge is 2.33. The summed E-state index contributed by atoms with van der Waals surface area (Å²) in [5.74, 6) is -0.493. The van der Waals surface area contributed by atoms with Crippen LogP contribution in [0.15, 0.2) is 17.1 Å². The molecule has 0 radical (unpaired) electrons. The minimum Gasteiger partial charge on any atom is -0.375 e. The molecule has 2 aliphatic heterocycles. The molecule has 6 nitrogen and oxygen atoms in total. The summed E-state index contributed by atoms with van der Waals surface area (Å²) in [4.78, 5) is 31.9. The van der Waals surface area contributed by atoms with Gasteiger partial charge in [0.1, 0.15) is 0 Å². The van der Waals surface area contributed by atoms with Crippen molar-refractivity contribution in [2.45, 2.75) is 72.4 Å². The molecule has 32 heavy (non-hydrogen) atoms. The molecule has 0 aromatic heterocycles. The van der Waals surface area contributed by atoms with Crippen LogP contribution in [-0.4, -0.2) is 48.9 Å². The minimum atomic E-state index is -0.293. The highest BCUT2D eigenvalue weighted by Crippen LogP contribution is 2.34. The van der Waals surface area contributed by atoms with Crippen LogP contribution in [0.2, 0.25) is 5.02 Å². The van der Waals surface area contributed by atoms with E-state index in [0.29, 0.717) is 16.6 Å². The van der Waals surface area contributed by atoms with Gasteiger partial charge in [-0.25, -0.2) is 4.99 Å². The maximum absolute atomic E-state index is 13.1. The van der Waals surface area contributed by atoms with Crippen molar-refractivity contribution in [1.29, 1.82) is 0 Å². The van der Waals surface area contributed by atoms with Gasteiger partial charge in [0, 0.05) is 47.7 Å². The number of nitrogens with one attached hydrogen (secondary N) is 1. The van der Waals surface area contributed by atoms with E-state index in [1.54, 1.807) is 6.07 Å². The molecule has 0 bridgehead atoms. The van der Waals surface area contributed by atoms with Crippen LogP contribution < -0.4 is 10.2 Å². The molecule has 2 amide bonds. The number of benzene rings is 1. The topological polar surface area (TPSA) is 71.0 Å². The molecule has 1 aromatic carbocycles. The van der Waals surface area contributed by atoms with E-state index in [2.05, 4.69) is 36.0 Å². The molecule has 7 heteroatoms. The summed E-state index contributed by atoms with van der Waals surface area (Å²) in [6, 6.07) is 3.98. The molecule has 1 fully saturated rings. The SMILES string of the molecule is CCN(c1cc(Cl)cc(C(=O)NCC2C(=O)N=C(C)CC2C)c1C)C1CCOC(C)(C)C1. The van der Waals surface area contributed by atoms with Crippen LogP contribution in [0, 0.1) is 18.8 Å². The molecule has 1 N–H and O–H groups in total. The molecule has 176 valence electrons. The number of carbonyl (C=O) groups is 2. The fourth-order valence-electron chi connectivity index (χ4n) is 5.04. The van der Waals surface area contributed by atoms with Gasteiger partial charge in [0.25, 0.3) is 11.8 Å². The highest BCUT2D eigenvalue weighted by atomic mass is 35.5. The standard InChI is InChI=1S/C25H36ClN3O3/c1-7-29(19-8-9-32-25(5,6)13-19)22-12-18(26)11-20(17(22)4)23(30)27-14-21-15(2)10-16(3)28-24(21)31/h11-12,15,19,21H,7-10,13-14H2,1-6H3,(H,27,30). The number of hydrogen-bond acceptors (Lipinski definition) is 4. The molecule has 2 aliphatic rings. The van der Waals surface area contributed by atoms with Gasteiger partial charge in [-0.15, -0.1) is 0 Å². The maximum Gasteiger partial charge on any atom is 0.251 e. The summed E-state index contributed by atoms with van der Waals surface area (Å²) in [5.41, 5.74) is 3.11. The lowest BCUT2D eigenvalue weighted by molar-refractivity contribution is -0.123. The number of carbonyl (C=O) groups excluding carboxylic acids is 2. The molecule has 0 saturated carbocycles. The van der Waals surface area contributed by atoms with E-state index in [1.807, 2.05) is 26.8 Å². The lowest BCUT2D eigenvalue weighted by Crippen LogP contribution is -2.46. The van der Waals surface area contributed by atoms with E-state index in [0.717, 1.165) is 49.4 Å². The van der Waals surface area contributed by atoms with Gasteiger partial charge < -0.3 is 15.0 Å². The Morgan fingerprint density at radius 3 is 2.69 bits per heavy atom. The fourth-order valence-corrected chi connectivity index (χ4v) is 5.26. The molecule has 0 aliphatic carbocycles. The van der Waals surface area contributed by atoms with Crippen molar-refractivity contribution < 1.29 is 14.3 Å². The molecule has 3 rings (SSSR count). The first-order valence-corrected chi connectivity index (χ1v) is 12.0. The Morgan fingerprint density at radius 2 is 2.06 bits per heavy atom. The number of ether oxygens (including phenoxy) is 1. The van der Waals surface area contributed by atoms with Crippen LogP contribution in [0.5, 0.6) is 0 Å².